The third-order valence-corrected chi connectivity index (χ3v) is 3.19. The maximum absolute atomic E-state index is 13.2. The molecule has 1 aliphatic rings. The quantitative estimate of drug-likeness (QED) is 0.850. The molecule has 1 aromatic rings. The first kappa shape index (κ1) is 11.6. The molecule has 0 radical (unpaired) electrons. The van der Waals surface area contributed by atoms with Gasteiger partial charge in [0.15, 0.2) is 0 Å². The highest BCUT2D eigenvalue weighted by atomic mass is 19.1. The maximum Gasteiger partial charge on any atom is 0.123 e. The van der Waals surface area contributed by atoms with E-state index in [1.54, 1.807) is 12.1 Å². The van der Waals surface area contributed by atoms with E-state index in [2.05, 4.69) is 5.32 Å². The number of ether oxygens (including phenoxy) is 1. The Bertz CT molecular complexity index is 336. The Hall–Kier alpha value is -0.930. The van der Waals surface area contributed by atoms with Crippen molar-refractivity contribution in [2.75, 3.05) is 20.3 Å². The van der Waals surface area contributed by atoms with Gasteiger partial charge in [0, 0.05) is 18.6 Å². The van der Waals surface area contributed by atoms with Crippen LogP contribution in [0.1, 0.15) is 24.4 Å². The number of hydrogen-bond acceptors (Lipinski definition) is 2. The van der Waals surface area contributed by atoms with Crippen molar-refractivity contribution in [2.24, 2.45) is 5.92 Å². The van der Waals surface area contributed by atoms with Crippen molar-refractivity contribution in [3.05, 3.63) is 35.6 Å². The topological polar surface area (TPSA) is 21.3 Å². The second kappa shape index (κ2) is 5.41. The summed E-state index contributed by atoms with van der Waals surface area (Å²) in [6, 6.07) is 7.01. The van der Waals surface area contributed by atoms with E-state index in [9.17, 15) is 4.39 Å². The third kappa shape index (κ3) is 2.60. The number of rotatable bonds is 3. The van der Waals surface area contributed by atoms with E-state index >= 15 is 0 Å². The normalized spacial score (nSPS) is 23.0. The molecule has 2 unspecified atom stereocenters. The van der Waals surface area contributed by atoms with Crippen LogP contribution in [0.15, 0.2) is 24.3 Å². The smallest absolute Gasteiger partial charge is 0.123 e. The van der Waals surface area contributed by atoms with Gasteiger partial charge in [0.1, 0.15) is 5.82 Å². The Kier molecular flexibility index (Phi) is 3.91. The molecular weight excluding hydrogens is 205 g/mol. The maximum atomic E-state index is 13.2. The van der Waals surface area contributed by atoms with Gasteiger partial charge in [0.25, 0.3) is 0 Å². The molecule has 0 amide bonds. The molecule has 3 heteroatoms. The van der Waals surface area contributed by atoms with Crippen molar-refractivity contribution < 1.29 is 9.13 Å². The van der Waals surface area contributed by atoms with Gasteiger partial charge in [-0.25, -0.2) is 4.39 Å². The average Bonchev–Trinajstić information content (AvgIpc) is 2.31. The van der Waals surface area contributed by atoms with Crippen molar-refractivity contribution in [3.8, 4) is 0 Å². The molecule has 0 spiro atoms. The van der Waals surface area contributed by atoms with Crippen LogP contribution in [0, 0.1) is 11.7 Å². The van der Waals surface area contributed by atoms with Gasteiger partial charge >= 0.3 is 0 Å². The van der Waals surface area contributed by atoms with Crippen molar-refractivity contribution in [1.82, 2.24) is 5.32 Å². The molecular formula is C13H18FNO. The highest BCUT2D eigenvalue weighted by molar-refractivity contribution is 5.21. The Morgan fingerprint density at radius 2 is 2.38 bits per heavy atom. The zero-order valence-electron chi connectivity index (χ0n) is 9.58. The lowest BCUT2D eigenvalue weighted by molar-refractivity contribution is 0.0401. The molecule has 2 atom stereocenters. The minimum atomic E-state index is -0.172. The fourth-order valence-corrected chi connectivity index (χ4v) is 2.40. The summed E-state index contributed by atoms with van der Waals surface area (Å²) in [5.74, 6) is 0.273. The molecule has 1 N–H and O–H groups in total. The Labute approximate surface area is 95.8 Å². The zero-order valence-corrected chi connectivity index (χ0v) is 9.58. The van der Waals surface area contributed by atoms with Crippen LogP contribution in [-0.4, -0.2) is 20.3 Å². The summed E-state index contributed by atoms with van der Waals surface area (Å²) in [4.78, 5) is 0. The molecule has 0 bridgehead atoms. The lowest BCUT2D eigenvalue weighted by Gasteiger charge is -2.30. The van der Waals surface area contributed by atoms with Crippen LogP contribution in [0.3, 0.4) is 0 Å². The Morgan fingerprint density at radius 1 is 1.50 bits per heavy atom. The van der Waals surface area contributed by atoms with Gasteiger partial charge in [0.05, 0.1) is 6.61 Å². The lowest BCUT2D eigenvalue weighted by atomic mass is 9.89. The zero-order chi connectivity index (χ0) is 11.4. The number of hydrogen-bond donors (Lipinski definition) is 1. The van der Waals surface area contributed by atoms with Gasteiger partial charge in [-0.3, -0.25) is 0 Å². The van der Waals surface area contributed by atoms with E-state index in [0.717, 1.165) is 31.6 Å². The summed E-state index contributed by atoms with van der Waals surface area (Å²) in [5.41, 5.74) is 1.01. The largest absolute Gasteiger partial charge is 0.381 e. The number of benzene rings is 1. The van der Waals surface area contributed by atoms with Crippen LogP contribution in [0.4, 0.5) is 4.39 Å². The summed E-state index contributed by atoms with van der Waals surface area (Å²) >= 11 is 0. The predicted octanol–water partition coefficient (Wildman–Crippen LogP) is 2.51. The summed E-state index contributed by atoms with van der Waals surface area (Å²) in [6.07, 6.45) is 2.24. The number of halogens is 1. The molecule has 88 valence electrons. The monoisotopic (exact) mass is 223 g/mol. The van der Waals surface area contributed by atoms with E-state index in [1.165, 1.54) is 6.07 Å². The minimum Gasteiger partial charge on any atom is -0.381 e. The summed E-state index contributed by atoms with van der Waals surface area (Å²) in [7, 11) is 1.92. The Balaban J connectivity index is 2.14. The van der Waals surface area contributed by atoms with E-state index in [1.807, 2.05) is 13.1 Å². The highest BCUT2D eigenvalue weighted by Gasteiger charge is 2.24. The van der Waals surface area contributed by atoms with Crippen molar-refractivity contribution in [1.29, 1.82) is 0 Å². The van der Waals surface area contributed by atoms with Crippen LogP contribution in [0.2, 0.25) is 0 Å². The molecule has 16 heavy (non-hydrogen) atoms. The molecule has 2 rings (SSSR count). The molecule has 1 aromatic carbocycles. The SMILES string of the molecule is CNC(c1cccc(F)c1)C1CCCOC1. The fraction of sp³-hybridized carbons (Fsp3) is 0.538. The van der Waals surface area contributed by atoms with Crippen LogP contribution in [-0.2, 0) is 4.74 Å². The highest BCUT2D eigenvalue weighted by Crippen LogP contribution is 2.28. The van der Waals surface area contributed by atoms with E-state index < -0.39 is 0 Å². The lowest BCUT2D eigenvalue weighted by Crippen LogP contribution is -2.31. The third-order valence-electron chi connectivity index (χ3n) is 3.19. The first-order valence-corrected chi connectivity index (χ1v) is 5.81. The van der Waals surface area contributed by atoms with Gasteiger partial charge < -0.3 is 10.1 Å². The molecule has 1 saturated heterocycles. The second-order valence-electron chi connectivity index (χ2n) is 4.30. The molecule has 2 nitrogen and oxygen atoms in total. The van der Waals surface area contributed by atoms with Crippen LogP contribution < -0.4 is 5.32 Å². The summed E-state index contributed by atoms with van der Waals surface area (Å²) in [5, 5.41) is 3.27. The van der Waals surface area contributed by atoms with Crippen molar-refractivity contribution in [2.45, 2.75) is 18.9 Å². The standard InChI is InChI=1S/C13H18FNO/c1-15-13(11-5-3-7-16-9-11)10-4-2-6-12(14)8-10/h2,4,6,8,11,13,15H,3,5,7,9H2,1H3. The van der Waals surface area contributed by atoms with Gasteiger partial charge in [-0.15, -0.1) is 0 Å². The molecule has 0 aromatic heterocycles. The van der Waals surface area contributed by atoms with E-state index in [0.29, 0.717) is 5.92 Å². The minimum absolute atomic E-state index is 0.172. The molecule has 0 aliphatic carbocycles. The first-order chi connectivity index (χ1) is 7.81. The van der Waals surface area contributed by atoms with Crippen LogP contribution in [0.5, 0.6) is 0 Å². The first-order valence-electron chi connectivity index (χ1n) is 5.81. The fourth-order valence-electron chi connectivity index (χ4n) is 2.40. The molecule has 1 aliphatic heterocycles. The van der Waals surface area contributed by atoms with Gasteiger partial charge in [0.2, 0.25) is 0 Å². The predicted molar refractivity (Wildman–Crippen MR) is 61.7 cm³/mol. The van der Waals surface area contributed by atoms with E-state index in [-0.39, 0.29) is 11.9 Å². The van der Waals surface area contributed by atoms with Crippen LogP contribution >= 0.6 is 0 Å². The van der Waals surface area contributed by atoms with Crippen LogP contribution in [0.25, 0.3) is 0 Å². The Morgan fingerprint density at radius 3 is 3.00 bits per heavy atom. The van der Waals surface area contributed by atoms with E-state index in [4.69, 9.17) is 4.74 Å². The van der Waals surface area contributed by atoms with Gasteiger partial charge in [-0.2, -0.15) is 0 Å². The van der Waals surface area contributed by atoms with Gasteiger partial charge in [-0.1, -0.05) is 12.1 Å². The molecule has 0 saturated carbocycles. The number of nitrogens with one attached hydrogen (secondary N) is 1. The molecule has 1 fully saturated rings. The van der Waals surface area contributed by atoms with Gasteiger partial charge in [-0.05, 0) is 37.6 Å². The second-order valence-corrected chi connectivity index (χ2v) is 4.30. The summed E-state index contributed by atoms with van der Waals surface area (Å²) in [6.45, 7) is 1.62. The van der Waals surface area contributed by atoms with Crippen molar-refractivity contribution >= 4 is 0 Å². The average molecular weight is 223 g/mol. The van der Waals surface area contributed by atoms with Crippen molar-refractivity contribution in [3.63, 3.8) is 0 Å². The summed E-state index contributed by atoms with van der Waals surface area (Å²) < 4.78 is 18.7. The molecule has 1 heterocycles.